The van der Waals surface area contributed by atoms with Gasteiger partial charge in [0.1, 0.15) is 5.82 Å². The fraction of sp³-hybridized carbons (Fsp3) is 0.412. The number of ether oxygens (including phenoxy) is 1. The van der Waals surface area contributed by atoms with Crippen molar-refractivity contribution in [1.29, 1.82) is 0 Å². The molecule has 0 aliphatic carbocycles. The highest BCUT2D eigenvalue weighted by Crippen LogP contribution is 2.22. The van der Waals surface area contributed by atoms with E-state index in [0.717, 1.165) is 17.8 Å². The second kappa shape index (κ2) is 7.07. The molecule has 0 saturated carbocycles. The summed E-state index contributed by atoms with van der Waals surface area (Å²) in [6.07, 6.45) is 1.13. The summed E-state index contributed by atoms with van der Waals surface area (Å²) in [5.74, 6) is 2.64. The van der Waals surface area contributed by atoms with Gasteiger partial charge in [0.2, 0.25) is 5.88 Å². The van der Waals surface area contributed by atoms with Crippen LogP contribution in [0.4, 0.5) is 5.82 Å². The van der Waals surface area contributed by atoms with Crippen LogP contribution in [0.3, 0.4) is 0 Å². The molecular weight excluding hydrogens is 262 g/mol. The van der Waals surface area contributed by atoms with Crippen molar-refractivity contribution in [3.63, 3.8) is 0 Å². The van der Waals surface area contributed by atoms with Crippen LogP contribution in [-0.4, -0.2) is 23.1 Å². The van der Waals surface area contributed by atoms with Crippen molar-refractivity contribution in [2.75, 3.05) is 12.4 Å². The van der Waals surface area contributed by atoms with Gasteiger partial charge in [0.25, 0.3) is 0 Å². The second-order valence-electron chi connectivity index (χ2n) is 5.59. The summed E-state index contributed by atoms with van der Waals surface area (Å²) in [6, 6.07) is 11.8. The highest BCUT2D eigenvalue weighted by atomic mass is 16.5. The van der Waals surface area contributed by atoms with Crippen molar-refractivity contribution in [3.05, 3.63) is 36.4 Å². The molecule has 1 heterocycles. The maximum Gasteiger partial charge on any atom is 0.219 e. The number of rotatable bonds is 6. The number of benzene rings is 1. The summed E-state index contributed by atoms with van der Waals surface area (Å²) in [6.45, 7) is 6.45. The molecular formula is C17H23N3O. The Bertz CT molecular complexity index is 570. The van der Waals surface area contributed by atoms with Crippen molar-refractivity contribution in [2.24, 2.45) is 5.92 Å². The van der Waals surface area contributed by atoms with E-state index < -0.39 is 0 Å². The topological polar surface area (TPSA) is 47.0 Å². The summed E-state index contributed by atoms with van der Waals surface area (Å²) >= 11 is 0. The van der Waals surface area contributed by atoms with E-state index in [-0.39, 0.29) is 6.10 Å². The third-order valence-electron chi connectivity index (χ3n) is 3.12. The van der Waals surface area contributed by atoms with Gasteiger partial charge < -0.3 is 10.1 Å². The van der Waals surface area contributed by atoms with Crippen LogP contribution in [0.25, 0.3) is 11.4 Å². The predicted octanol–water partition coefficient (Wildman–Crippen LogP) is 4.00. The summed E-state index contributed by atoms with van der Waals surface area (Å²) in [4.78, 5) is 9.01. The van der Waals surface area contributed by atoms with E-state index in [0.29, 0.717) is 17.6 Å². The van der Waals surface area contributed by atoms with Gasteiger partial charge in [-0.2, -0.15) is 4.98 Å². The lowest BCUT2D eigenvalue weighted by molar-refractivity contribution is 0.186. The van der Waals surface area contributed by atoms with Crippen LogP contribution in [0, 0.1) is 5.92 Å². The molecule has 0 aliphatic heterocycles. The van der Waals surface area contributed by atoms with Crippen LogP contribution in [0.15, 0.2) is 36.4 Å². The highest BCUT2D eigenvalue weighted by molar-refractivity contribution is 5.58. The smallest absolute Gasteiger partial charge is 0.219 e. The molecule has 0 fully saturated rings. The molecule has 2 rings (SSSR count). The lowest BCUT2D eigenvalue weighted by atomic mass is 10.1. The van der Waals surface area contributed by atoms with E-state index >= 15 is 0 Å². The Kier molecular flexibility index (Phi) is 5.14. The van der Waals surface area contributed by atoms with Crippen LogP contribution in [0.1, 0.15) is 27.2 Å². The maximum absolute atomic E-state index is 5.94. The first-order chi connectivity index (χ1) is 10.1. The molecule has 21 heavy (non-hydrogen) atoms. The lowest BCUT2D eigenvalue weighted by Gasteiger charge is -2.17. The first-order valence-electron chi connectivity index (χ1n) is 7.37. The normalized spacial score (nSPS) is 12.2. The van der Waals surface area contributed by atoms with E-state index in [4.69, 9.17) is 4.74 Å². The van der Waals surface area contributed by atoms with Crippen molar-refractivity contribution in [1.82, 2.24) is 9.97 Å². The molecule has 0 aliphatic rings. The molecule has 1 aromatic carbocycles. The zero-order chi connectivity index (χ0) is 15.2. The van der Waals surface area contributed by atoms with Gasteiger partial charge in [0.15, 0.2) is 5.82 Å². The molecule has 1 aromatic heterocycles. The average Bonchev–Trinajstić information content (AvgIpc) is 2.46. The number of aromatic nitrogens is 2. The fourth-order valence-corrected chi connectivity index (χ4v) is 2.25. The van der Waals surface area contributed by atoms with Crippen molar-refractivity contribution >= 4 is 5.82 Å². The second-order valence-corrected chi connectivity index (χ2v) is 5.59. The van der Waals surface area contributed by atoms with E-state index in [1.54, 1.807) is 0 Å². The number of hydrogen-bond acceptors (Lipinski definition) is 4. The molecule has 0 amide bonds. The summed E-state index contributed by atoms with van der Waals surface area (Å²) in [5.41, 5.74) is 0.982. The summed E-state index contributed by atoms with van der Waals surface area (Å²) in [5, 5.41) is 3.06. The Morgan fingerprint density at radius 1 is 1.10 bits per heavy atom. The standard InChI is InChI=1S/C17H23N3O/c1-12(2)10-13(3)21-16-11-15(18-4)19-17(20-16)14-8-6-5-7-9-14/h5-9,11-13H,10H2,1-4H3,(H,18,19,20). The molecule has 0 saturated heterocycles. The Morgan fingerprint density at radius 2 is 1.81 bits per heavy atom. The molecule has 4 nitrogen and oxygen atoms in total. The van der Waals surface area contributed by atoms with Crippen LogP contribution in [-0.2, 0) is 0 Å². The minimum absolute atomic E-state index is 0.133. The maximum atomic E-state index is 5.94. The third-order valence-corrected chi connectivity index (χ3v) is 3.12. The Hall–Kier alpha value is -2.10. The lowest BCUT2D eigenvalue weighted by Crippen LogP contribution is -2.15. The van der Waals surface area contributed by atoms with Gasteiger partial charge in [0.05, 0.1) is 6.10 Å². The molecule has 0 radical (unpaired) electrons. The van der Waals surface area contributed by atoms with Gasteiger partial charge in [-0.15, -0.1) is 0 Å². The SMILES string of the molecule is CNc1cc(OC(C)CC(C)C)nc(-c2ccccc2)n1. The van der Waals surface area contributed by atoms with Crippen molar-refractivity contribution in [2.45, 2.75) is 33.3 Å². The molecule has 4 heteroatoms. The van der Waals surface area contributed by atoms with Gasteiger partial charge >= 0.3 is 0 Å². The van der Waals surface area contributed by atoms with E-state index in [9.17, 15) is 0 Å². The number of hydrogen-bond donors (Lipinski definition) is 1. The predicted molar refractivity (Wildman–Crippen MR) is 86.6 cm³/mol. The van der Waals surface area contributed by atoms with Crippen molar-refractivity contribution in [3.8, 4) is 17.3 Å². The van der Waals surface area contributed by atoms with Crippen LogP contribution < -0.4 is 10.1 Å². The minimum atomic E-state index is 0.133. The van der Waals surface area contributed by atoms with Gasteiger partial charge in [-0.25, -0.2) is 4.98 Å². The molecule has 1 N–H and O–H groups in total. The largest absolute Gasteiger partial charge is 0.474 e. The van der Waals surface area contributed by atoms with E-state index in [1.165, 1.54) is 0 Å². The summed E-state index contributed by atoms with van der Waals surface area (Å²) in [7, 11) is 1.85. The first kappa shape index (κ1) is 15.3. The summed E-state index contributed by atoms with van der Waals surface area (Å²) < 4.78 is 5.94. The Balaban J connectivity index is 2.26. The molecule has 1 unspecified atom stereocenters. The van der Waals surface area contributed by atoms with E-state index in [2.05, 4.69) is 36.1 Å². The van der Waals surface area contributed by atoms with Gasteiger partial charge in [-0.1, -0.05) is 44.2 Å². The van der Waals surface area contributed by atoms with E-state index in [1.807, 2.05) is 43.4 Å². The first-order valence-corrected chi connectivity index (χ1v) is 7.37. The molecule has 0 spiro atoms. The monoisotopic (exact) mass is 285 g/mol. The molecule has 0 bridgehead atoms. The van der Waals surface area contributed by atoms with Gasteiger partial charge in [0, 0.05) is 18.7 Å². The van der Waals surface area contributed by atoms with Gasteiger partial charge in [-0.3, -0.25) is 0 Å². The minimum Gasteiger partial charge on any atom is -0.474 e. The average molecular weight is 285 g/mol. The van der Waals surface area contributed by atoms with Crippen LogP contribution in [0.2, 0.25) is 0 Å². The fourth-order valence-electron chi connectivity index (χ4n) is 2.25. The van der Waals surface area contributed by atoms with Gasteiger partial charge in [-0.05, 0) is 19.3 Å². The third kappa shape index (κ3) is 4.45. The van der Waals surface area contributed by atoms with Crippen LogP contribution >= 0.6 is 0 Å². The zero-order valence-electron chi connectivity index (χ0n) is 13.1. The molecule has 112 valence electrons. The number of nitrogens with zero attached hydrogens (tertiary/aromatic N) is 2. The van der Waals surface area contributed by atoms with Crippen LogP contribution in [0.5, 0.6) is 5.88 Å². The quantitative estimate of drug-likeness (QED) is 0.871. The number of nitrogens with one attached hydrogen (secondary N) is 1. The number of anilines is 1. The molecule has 1 atom stereocenters. The Morgan fingerprint density at radius 3 is 2.43 bits per heavy atom. The Labute approximate surface area is 126 Å². The molecule has 2 aromatic rings. The van der Waals surface area contributed by atoms with Crippen molar-refractivity contribution < 1.29 is 4.74 Å². The zero-order valence-corrected chi connectivity index (χ0v) is 13.1. The highest BCUT2D eigenvalue weighted by Gasteiger charge is 2.11.